The van der Waals surface area contributed by atoms with Gasteiger partial charge in [0, 0.05) is 6.42 Å². The molecule has 132 valence electrons. The van der Waals surface area contributed by atoms with Gasteiger partial charge in [-0.3, -0.25) is 4.79 Å². The van der Waals surface area contributed by atoms with Crippen LogP contribution in [0.5, 0.6) is 11.5 Å². The van der Waals surface area contributed by atoms with Crippen LogP contribution in [0.1, 0.15) is 47.2 Å². The lowest BCUT2D eigenvalue weighted by atomic mass is 9.96. The van der Waals surface area contributed by atoms with Crippen LogP contribution in [-0.2, 0) is 11.2 Å². The second kappa shape index (κ2) is 7.18. The highest BCUT2D eigenvalue weighted by molar-refractivity contribution is 5.76. The van der Waals surface area contributed by atoms with Crippen molar-refractivity contribution in [3.8, 4) is 11.5 Å². The van der Waals surface area contributed by atoms with Gasteiger partial charge in [-0.2, -0.15) is 0 Å². The molecule has 4 nitrogen and oxygen atoms in total. The summed E-state index contributed by atoms with van der Waals surface area (Å²) in [4.78, 5) is 12.3. The number of hydrogen-bond donors (Lipinski definition) is 1. The van der Waals surface area contributed by atoms with Crippen molar-refractivity contribution in [2.45, 2.75) is 46.6 Å². The average molecular weight is 339 g/mol. The predicted octanol–water partition coefficient (Wildman–Crippen LogP) is 4.15. The van der Waals surface area contributed by atoms with E-state index in [1.54, 1.807) is 0 Å². The highest BCUT2D eigenvalue weighted by atomic mass is 16.7. The summed E-state index contributed by atoms with van der Waals surface area (Å²) in [5.74, 6) is 1.59. The van der Waals surface area contributed by atoms with E-state index >= 15 is 0 Å². The normalized spacial score (nSPS) is 13.6. The highest BCUT2D eigenvalue weighted by Gasteiger charge is 2.15. The summed E-state index contributed by atoms with van der Waals surface area (Å²) < 4.78 is 10.7. The molecule has 0 bridgehead atoms. The first-order valence-electron chi connectivity index (χ1n) is 8.69. The smallest absolute Gasteiger partial charge is 0.231 e. The minimum atomic E-state index is 0.00329. The fourth-order valence-corrected chi connectivity index (χ4v) is 3.20. The number of carbonyl (C=O) groups is 1. The van der Waals surface area contributed by atoms with Crippen molar-refractivity contribution in [3.63, 3.8) is 0 Å². The monoisotopic (exact) mass is 339 g/mol. The van der Waals surface area contributed by atoms with Crippen molar-refractivity contribution in [1.82, 2.24) is 5.32 Å². The first-order chi connectivity index (χ1) is 11.9. The number of ether oxygens (including phenoxy) is 2. The van der Waals surface area contributed by atoms with Crippen LogP contribution in [0.15, 0.2) is 30.3 Å². The Morgan fingerprint density at radius 1 is 1.04 bits per heavy atom. The van der Waals surface area contributed by atoms with Crippen molar-refractivity contribution >= 4 is 5.91 Å². The van der Waals surface area contributed by atoms with Crippen LogP contribution in [0, 0.1) is 20.8 Å². The Bertz CT molecular complexity index is 798. The molecule has 0 radical (unpaired) electrons. The molecule has 4 heteroatoms. The van der Waals surface area contributed by atoms with Gasteiger partial charge in [0.15, 0.2) is 11.5 Å². The van der Waals surface area contributed by atoms with Gasteiger partial charge in [0.1, 0.15) is 0 Å². The molecule has 0 aromatic heterocycles. The van der Waals surface area contributed by atoms with E-state index in [0.717, 1.165) is 17.1 Å². The lowest BCUT2D eigenvalue weighted by Gasteiger charge is -2.18. The molecule has 1 atom stereocenters. The third kappa shape index (κ3) is 3.95. The van der Waals surface area contributed by atoms with Crippen LogP contribution in [0.3, 0.4) is 0 Å². The van der Waals surface area contributed by atoms with Crippen molar-refractivity contribution < 1.29 is 14.3 Å². The summed E-state index contributed by atoms with van der Waals surface area (Å²) in [6.45, 7) is 8.62. The van der Waals surface area contributed by atoms with Gasteiger partial charge in [0.05, 0.1) is 6.04 Å². The third-order valence-corrected chi connectivity index (χ3v) is 4.80. The Labute approximate surface area is 149 Å². The summed E-state index contributed by atoms with van der Waals surface area (Å²) in [5.41, 5.74) is 6.00. The van der Waals surface area contributed by atoms with Crippen LogP contribution in [0.2, 0.25) is 0 Å². The zero-order chi connectivity index (χ0) is 18.0. The van der Waals surface area contributed by atoms with E-state index in [-0.39, 0.29) is 18.7 Å². The number of fused-ring (bicyclic) bond motifs is 1. The topological polar surface area (TPSA) is 47.6 Å². The fraction of sp³-hybridized carbons (Fsp3) is 0.381. The number of nitrogens with one attached hydrogen (secondary N) is 1. The zero-order valence-corrected chi connectivity index (χ0v) is 15.3. The van der Waals surface area contributed by atoms with Crippen molar-refractivity contribution in [2.24, 2.45) is 0 Å². The second-order valence-electron chi connectivity index (χ2n) is 6.77. The van der Waals surface area contributed by atoms with Gasteiger partial charge in [-0.05, 0) is 74.1 Å². The number of hydrogen-bond acceptors (Lipinski definition) is 3. The molecule has 2 aromatic rings. The molecule has 1 aliphatic rings. The van der Waals surface area contributed by atoms with E-state index in [2.05, 4.69) is 38.2 Å². The standard InChI is InChI=1S/C21H25NO3/c1-13-9-15(3)18(10-14(13)2)16(4)22-21(23)8-6-17-5-7-19-20(11-17)25-12-24-19/h5,7,9-11,16H,6,8,12H2,1-4H3,(H,22,23). The highest BCUT2D eigenvalue weighted by Crippen LogP contribution is 2.32. The number of amides is 1. The van der Waals surface area contributed by atoms with Crippen LogP contribution >= 0.6 is 0 Å². The first-order valence-corrected chi connectivity index (χ1v) is 8.69. The molecule has 1 N–H and O–H groups in total. The van der Waals surface area contributed by atoms with Gasteiger partial charge in [-0.25, -0.2) is 0 Å². The Kier molecular flexibility index (Phi) is 4.98. The van der Waals surface area contributed by atoms with Gasteiger partial charge in [-0.15, -0.1) is 0 Å². The van der Waals surface area contributed by atoms with E-state index in [1.165, 1.54) is 22.3 Å². The van der Waals surface area contributed by atoms with Gasteiger partial charge in [-0.1, -0.05) is 18.2 Å². The SMILES string of the molecule is Cc1cc(C)c(C(C)NC(=O)CCc2ccc3c(c2)OCO3)cc1C. The number of carbonyl (C=O) groups excluding carboxylic acids is 1. The maximum Gasteiger partial charge on any atom is 0.231 e. The van der Waals surface area contributed by atoms with Gasteiger partial charge < -0.3 is 14.8 Å². The Balaban J connectivity index is 1.58. The summed E-state index contributed by atoms with van der Waals surface area (Å²) in [6, 6.07) is 10.2. The van der Waals surface area contributed by atoms with Gasteiger partial charge in [0.25, 0.3) is 0 Å². The molecular weight excluding hydrogens is 314 g/mol. The number of benzene rings is 2. The maximum atomic E-state index is 12.3. The first kappa shape index (κ1) is 17.3. The van der Waals surface area contributed by atoms with Crippen LogP contribution in [0.4, 0.5) is 0 Å². The van der Waals surface area contributed by atoms with E-state index in [1.807, 2.05) is 25.1 Å². The zero-order valence-electron chi connectivity index (χ0n) is 15.3. The van der Waals surface area contributed by atoms with Crippen LogP contribution in [-0.4, -0.2) is 12.7 Å². The maximum absolute atomic E-state index is 12.3. The largest absolute Gasteiger partial charge is 0.454 e. The molecule has 25 heavy (non-hydrogen) atoms. The summed E-state index contributed by atoms with van der Waals surface area (Å²) in [7, 11) is 0. The predicted molar refractivity (Wildman–Crippen MR) is 98.1 cm³/mol. The van der Waals surface area contributed by atoms with Gasteiger partial charge >= 0.3 is 0 Å². The lowest BCUT2D eigenvalue weighted by Crippen LogP contribution is -2.27. The fourth-order valence-electron chi connectivity index (χ4n) is 3.20. The van der Waals surface area contributed by atoms with Crippen molar-refractivity contribution in [3.05, 3.63) is 58.1 Å². The summed E-state index contributed by atoms with van der Waals surface area (Å²) >= 11 is 0. The number of aryl methyl sites for hydroxylation is 4. The summed E-state index contributed by atoms with van der Waals surface area (Å²) in [5, 5.41) is 3.11. The van der Waals surface area contributed by atoms with Gasteiger partial charge in [0.2, 0.25) is 12.7 Å². The molecular formula is C21H25NO3. The molecule has 0 fully saturated rings. The third-order valence-electron chi connectivity index (χ3n) is 4.80. The quantitative estimate of drug-likeness (QED) is 0.890. The van der Waals surface area contributed by atoms with E-state index in [4.69, 9.17) is 9.47 Å². The molecule has 1 aliphatic heterocycles. The van der Waals surface area contributed by atoms with E-state index in [0.29, 0.717) is 12.8 Å². The molecule has 0 saturated heterocycles. The van der Waals surface area contributed by atoms with Crippen molar-refractivity contribution in [1.29, 1.82) is 0 Å². The minimum absolute atomic E-state index is 0.00329. The Hall–Kier alpha value is -2.49. The van der Waals surface area contributed by atoms with Crippen LogP contribution < -0.4 is 14.8 Å². The second-order valence-corrected chi connectivity index (χ2v) is 6.77. The van der Waals surface area contributed by atoms with E-state index in [9.17, 15) is 4.79 Å². The minimum Gasteiger partial charge on any atom is -0.454 e. The molecule has 0 saturated carbocycles. The number of rotatable bonds is 5. The molecule has 1 heterocycles. The lowest BCUT2D eigenvalue weighted by molar-refractivity contribution is -0.121. The molecule has 1 amide bonds. The summed E-state index contributed by atoms with van der Waals surface area (Å²) in [6.07, 6.45) is 1.13. The van der Waals surface area contributed by atoms with E-state index < -0.39 is 0 Å². The Morgan fingerprint density at radius 2 is 1.76 bits per heavy atom. The molecule has 2 aromatic carbocycles. The molecule has 0 spiro atoms. The average Bonchev–Trinajstić information content (AvgIpc) is 3.03. The van der Waals surface area contributed by atoms with Crippen LogP contribution in [0.25, 0.3) is 0 Å². The Morgan fingerprint density at radius 3 is 2.56 bits per heavy atom. The molecule has 3 rings (SSSR count). The van der Waals surface area contributed by atoms with Crippen molar-refractivity contribution in [2.75, 3.05) is 6.79 Å². The molecule has 0 aliphatic carbocycles. The molecule has 1 unspecified atom stereocenters.